The zero-order valence-corrected chi connectivity index (χ0v) is 18.1. The van der Waals surface area contributed by atoms with Crippen LogP contribution < -0.4 is 10.5 Å². The van der Waals surface area contributed by atoms with Gasteiger partial charge in [-0.2, -0.15) is 18.3 Å². The summed E-state index contributed by atoms with van der Waals surface area (Å²) in [4.78, 5) is 18.6. The van der Waals surface area contributed by atoms with Crippen molar-refractivity contribution in [1.29, 1.82) is 0 Å². The lowest BCUT2D eigenvalue weighted by atomic mass is 10.1. The van der Waals surface area contributed by atoms with E-state index in [2.05, 4.69) is 15.0 Å². The van der Waals surface area contributed by atoms with Crippen LogP contribution in [0.25, 0.3) is 27.8 Å². The van der Waals surface area contributed by atoms with Crippen LogP contribution in [-0.4, -0.2) is 45.5 Å². The number of methoxy groups -OCH3 is 1. The Bertz CT molecular complexity index is 1400. The number of ether oxygens (including phenoxy) is 1. The molecule has 0 unspecified atom stereocenters. The number of rotatable bonds is 3. The van der Waals surface area contributed by atoms with Gasteiger partial charge in [0.1, 0.15) is 11.3 Å². The van der Waals surface area contributed by atoms with Crippen molar-refractivity contribution >= 4 is 22.2 Å². The molecule has 0 N–H and O–H groups in total. The predicted molar refractivity (Wildman–Crippen MR) is 118 cm³/mol. The molecule has 33 heavy (non-hydrogen) atoms. The van der Waals surface area contributed by atoms with E-state index in [1.54, 1.807) is 30.8 Å². The maximum Gasteiger partial charge on any atom is 0.433 e. The van der Waals surface area contributed by atoms with Gasteiger partial charge in [0, 0.05) is 50.8 Å². The van der Waals surface area contributed by atoms with Gasteiger partial charge in [-0.15, -0.1) is 0 Å². The van der Waals surface area contributed by atoms with Crippen LogP contribution in [0.2, 0.25) is 0 Å². The summed E-state index contributed by atoms with van der Waals surface area (Å²) in [5.41, 5.74) is 1.49. The van der Waals surface area contributed by atoms with E-state index in [0.29, 0.717) is 22.2 Å². The lowest BCUT2D eigenvalue weighted by molar-refractivity contribution is -0.141. The highest BCUT2D eigenvalue weighted by Gasteiger charge is 2.32. The van der Waals surface area contributed by atoms with Gasteiger partial charge < -0.3 is 9.64 Å². The fourth-order valence-corrected chi connectivity index (χ4v) is 4.38. The fraction of sp³-hybridized carbons (Fsp3) is 0.348. The summed E-state index contributed by atoms with van der Waals surface area (Å²) in [6, 6.07) is 9.68. The SMILES string of the molecule is COC1CCN(c2ccc3c(=O)n(C)c4cc(-c5ccnc(C(F)(F)F)c5)nn4c3c2)CC1. The van der Waals surface area contributed by atoms with Crippen LogP contribution in [0.3, 0.4) is 0 Å². The summed E-state index contributed by atoms with van der Waals surface area (Å²) >= 11 is 0. The summed E-state index contributed by atoms with van der Waals surface area (Å²) in [6.45, 7) is 1.67. The van der Waals surface area contributed by atoms with Crippen LogP contribution in [0.15, 0.2) is 47.4 Å². The molecule has 172 valence electrons. The van der Waals surface area contributed by atoms with Gasteiger partial charge in [-0.25, -0.2) is 4.52 Å². The molecule has 0 saturated carbocycles. The first-order valence-corrected chi connectivity index (χ1v) is 10.6. The summed E-state index contributed by atoms with van der Waals surface area (Å²) in [6.07, 6.45) is -1.37. The van der Waals surface area contributed by atoms with E-state index < -0.39 is 11.9 Å². The van der Waals surface area contributed by atoms with E-state index in [-0.39, 0.29) is 17.2 Å². The average molecular weight is 457 g/mol. The molecule has 7 nitrogen and oxygen atoms in total. The molecule has 1 aromatic carbocycles. The second-order valence-electron chi connectivity index (χ2n) is 8.21. The Hall–Kier alpha value is -3.40. The van der Waals surface area contributed by atoms with Gasteiger partial charge >= 0.3 is 6.18 Å². The number of anilines is 1. The molecule has 0 aliphatic carbocycles. The number of aromatic nitrogens is 4. The first kappa shape index (κ1) is 21.4. The Morgan fingerprint density at radius 3 is 2.55 bits per heavy atom. The molecule has 0 amide bonds. The highest BCUT2D eigenvalue weighted by atomic mass is 19.4. The molecule has 0 radical (unpaired) electrons. The zero-order chi connectivity index (χ0) is 23.3. The Labute approximate surface area is 187 Å². The molecule has 1 fully saturated rings. The van der Waals surface area contributed by atoms with Crippen LogP contribution in [0.4, 0.5) is 18.9 Å². The third kappa shape index (κ3) is 3.74. The minimum absolute atomic E-state index is 0.195. The third-order valence-corrected chi connectivity index (χ3v) is 6.27. The van der Waals surface area contributed by atoms with Crippen LogP contribution in [0.1, 0.15) is 18.5 Å². The van der Waals surface area contributed by atoms with Crippen molar-refractivity contribution in [1.82, 2.24) is 19.2 Å². The normalized spacial score (nSPS) is 15.6. The minimum atomic E-state index is -4.56. The summed E-state index contributed by atoms with van der Waals surface area (Å²) < 4.78 is 47.9. The summed E-state index contributed by atoms with van der Waals surface area (Å²) in [7, 11) is 3.35. The Kier molecular flexibility index (Phi) is 5.12. The summed E-state index contributed by atoms with van der Waals surface area (Å²) in [5.74, 6) is 0. The number of nitrogens with zero attached hydrogens (tertiary/aromatic N) is 5. The molecule has 5 rings (SSSR count). The highest BCUT2D eigenvalue weighted by Crippen LogP contribution is 2.31. The molecule has 3 aromatic heterocycles. The van der Waals surface area contributed by atoms with Crippen molar-refractivity contribution in [2.75, 3.05) is 25.1 Å². The number of benzene rings is 1. The van der Waals surface area contributed by atoms with Crippen LogP contribution in [-0.2, 0) is 18.0 Å². The number of hydrogen-bond donors (Lipinski definition) is 0. The van der Waals surface area contributed by atoms with Crippen molar-refractivity contribution in [2.45, 2.75) is 25.1 Å². The van der Waals surface area contributed by atoms with Gasteiger partial charge in [-0.1, -0.05) is 0 Å². The molecular formula is C23H22F3N5O2. The number of hydrogen-bond acceptors (Lipinski definition) is 5. The standard InChI is InChI=1S/C23H22F3N5O2/c1-29-21-13-18(14-5-8-27-20(11-14)23(24,25)26)28-31(21)19-12-15(3-4-17(19)22(29)32)30-9-6-16(33-2)7-10-30/h3-5,8,11-13,16H,6-7,9-10H2,1-2H3. The Balaban J connectivity index is 1.64. The molecule has 0 bridgehead atoms. The van der Waals surface area contributed by atoms with E-state index in [0.717, 1.165) is 43.9 Å². The van der Waals surface area contributed by atoms with Gasteiger partial charge in [0.15, 0.2) is 0 Å². The number of pyridine rings is 1. The number of fused-ring (bicyclic) bond motifs is 3. The van der Waals surface area contributed by atoms with Crippen molar-refractivity contribution in [3.63, 3.8) is 0 Å². The van der Waals surface area contributed by atoms with Gasteiger partial charge in [-0.3, -0.25) is 14.3 Å². The molecular weight excluding hydrogens is 435 g/mol. The molecule has 0 spiro atoms. The third-order valence-electron chi connectivity index (χ3n) is 6.27. The molecule has 10 heteroatoms. The van der Waals surface area contributed by atoms with E-state index in [1.807, 2.05) is 12.1 Å². The molecule has 1 aliphatic heterocycles. The number of halogens is 3. The van der Waals surface area contributed by atoms with E-state index in [4.69, 9.17) is 4.74 Å². The van der Waals surface area contributed by atoms with Crippen molar-refractivity contribution in [2.24, 2.45) is 7.05 Å². The van der Waals surface area contributed by atoms with Crippen molar-refractivity contribution < 1.29 is 17.9 Å². The smallest absolute Gasteiger partial charge is 0.381 e. The van der Waals surface area contributed by atoms with E-state index >= 15 is 0 Å². The van der Waals surface area contributed by atoms with Gasteiger partial charge in [-0.05, 0) is 43.2 Å². The largest absolute Gasteiger partial charge is 0.433 e. The Morgan fingerprint density at radius 1 is 1.09 bits per heavy atom. The second-order valence-corrected chi connectivity index (χ2v) is 8.21. The molecule has 0 atom stereocenters. The van der Waals surface area contributed by atoms with Crippen molar-refractivity contribution in [3.8, 4) is 11.3 Å². The highest BCUT2D eigenvalue weighted by molar-refractivity contribution is 5.85. The molecule has 1 saturated heterocycles. The fourth-order valence-electron chi connectivity index (χ4n) is 4.38. The summed E-state index contributed by atoms with van der Waals surface area (Å²) in [5, 5.41) is 5.06. The second kappa shape index (κ2) is 7.87. The lowest BCUT2D eigenvalue weighted by Gasteiger charge is -2.33. The first-order valence-electron chi connectivity index (χ1n) is 10.6. The maximum absolute atomic E-state index is 13.1. The number of piperidine rings is 1. The Morgan fingerprint density at radius 2 is 1.85 bits per heavy atom. The maximum atomic E-state index is 13.1. The lowest BCUT2D eigenvalue weighted by Crippen LogP contribution is -2.36. The predicted octanol–water partition coefficient (Wildman–Crippen LogP) is 3.88. The van der Waals surface area contributed by atoms with E-state index in [9.17, 15) is 18.0 Å². The first-order chi connectivity index (χ1) is 15.8. The van der Waals surface area contributed by atoms with Gasteiger partial charge in [0.25, 0.3) is 5.56 Å². The van der Waals surface area contributed by atoms with Crippen LogP contribution in [0.5, 0.6) is 0 Å². The molecule has 4 aromatic rings. The minimum Gasteiger partial charge on any atom is -0.381 e. The molecule has 1 aliphatic rings. The van der Waals surface area contributed by atoms with E-state index in [1.165, 1.54) is 10.6 Å². The quantitative estimate of drug-likeness (QED) is 0.467. The zero-order valence-electron chi connectivity index (χ0n) is 18.1. The van der Waals surface area contributed by atoms with Crippen molar-refractivity contribution in [3.05, 3.63) is 58.6 Å². The van der Waals surface area contributed by atoms with Crippen LogP contribution >= 0.6 is 0 Å². The van der Waals surface area contributed by atoms with Crippen LogP contribution in [0, 0.1) is 0 Å². The van der Waals surface area contributed by atoms with Gasteiger partial charge in [0.05, 0.1) is 22.7 Å². The monoisotopic (exact) mass is 457 g/mol. The number of alkyl halides is 3. The average Bonchev–Trinajstić information content (AvgIpc) is 3.28. The van der Waals surface area contributed by atoms with Gasteiger partial charge in [0.2, 0.25) is 0 Å². The number of aryl methyl sites for hydroxylation is 1. The molecule has 4 heterocycles. The topological polar surface area (TPSA) is 64.7 Å².